The molecule has 3 atom stereocenters. The molecule has 1 aliphatic carbocycles. The molecule has 0 aromatic carbocycles. The molecular weight excluding hydrogens is 170 g/mol. The van der Waals surface area contributed by atoms with E-state index >= 15 is 0 Å². The predicted molar refractivity (Wildman–Crippen MR) is 63.5 cm³/mol. The van der Waals surface area contributed by atoms with Crippen LogP contribution >= 0.6 is 0 Å². The van der Waals surface area contributed by atoms with Crippen molar-refractivity contribution in [3.05, 3.63) is 0 Å². The van der Waals surface area contributed by atoms with E-state index in [2.05, 4.69) is 26.1 Å². The quantitative estimate of drug-likeness (QED) is 0.684. The van der Waals surface area contributed by atoms with Gasteiger partial charge in [0.2, 0.25) is 0 Å². The summed E-state index contributed by atoms with van der Waals surface area (Å²) in [5.41, 5.74) is 0. The zero-order valence-corrected chi connectivity index (χ0v) is 10.2. The highest BCUT2D eigenvalue weighted by Crippen LogP contribution is 2.28. The predicted octanol–water partition coefficient (Wildman–Crippen LogP) is 3.73. The first kappa shape index (κ1) is 12.0. The lowest BCUT2D eigenvalue weighted by molar-refractivity contribution is 0.408. The van der Waals surface area contributed by atoms with Crippen molar-refractivity contribution in [2.75, 3.05) is 0 Å². The second-order valence-corrected chi connectivity index (χ2v) is 4.99. The Morgan fingerprint density at radius 1 is 1.29 bits per heavy atom. The van der Waals surface area contributed by atoms with Crippen LogP contribution < -0.4 is 5.32 Å². The summed E-state index contributed by atoms with van der Waals surface area (Å²) in [5.74, 6) is 1.01. The average Bonchev–Trinajstić information content (AvgIpc) is 2.62. The summed E-state index contributed by atoms with van der Waals surface area (Å²) in [6, 6.07) is 1.56. The van der Waals surface area contributed by atoms with Gasteiger partial charge in [-0.1, -0.05) is 33.1 Å². The van der Waals surface area contributed by atoms with Crippen LogP contribution in [0.3, 0.4) is 0 Å². The molecule has 0 heterocycles. The van der Waals surface area contributed by atoms with Gasteiger partial charge in [-0.05, 0) is 38.5 Å². The standard InChI is InChI=1S/C13H27N/c1-4-6-7-11(3)14-13-9-8-12(5-2)10-13/h11-14H,4-10H2,1-3H3. The van der Waals surface area contributed by atoms with Gasteiger partial charge in [0.05, 0.1) is 0 Å². The molecule has 0 radical (unpaired) electrons. The lowest BCUT2D eigenvalue weighted by Gasteiger charge is -2.19. The number of unbranched alkanes of at least 4 members (excludes halogenated alkanes) is 1. The van der Waals surface area contributed by atoms with Crippen LogP contribution in [0.25, 0.3) is 0 Å². The van der Waals surface area contributed by atoms with Crippen LogP contribution in [-0.4, -0.2) is 12.1 Å². The van der Waals surface area contributed by atoms with Crippen LogP contribution in [0.5, 0.6) is 0 Å². The Hall–Kier alpha value is -0.0400. The minimum atomic E-state index is 0.732. The topological polar surface area (TPSA) is 12.0 Å². The normalized spacial score (nSPS) is 29.4. The number of nitrogens with one attached hydrogen (secondary N) is 1. The SMILES string of the molecule is CCCCC(C)NC1CCC(CC)C1. The van der Waals surface area contributed by atoms with Crippen molar-refractivity contribution in [2.24, 2.45) is 5.92 Å². The van der Waals surface area contributed by atoms with Gasteiger partial charge in [0, 0.05) is 12.1 Å². The Morgan fingerprint density at radius 2 is 2.07 bits per heavy atom. The summed E-state index contributed by atoms with van der Waals surface area (Å²) in [4.78, 5) is 0. The third-order valence-electron chi connectivity index (χ3n) is 3.63. The molecule has 0 amide bonds. The van der Waals surface area contributed by atoms with Crippen LogP contribution in [0.15, 0.2) is 0 Å². The van der Waals surface area contributed by atoms with Crippen LogP contribution in [0.2, 0.25) is 0 Å². The Balaban J connectivity index is 2.12. The van der Waals surface area contributed by atoms with E-state index in [1.54, 1.807) is 0 Å². The summed E-state index contributed by atoms with van der Waals surface area (Å²) in [6.45, 7) is 6.94. The van der Waals surface area contributed by atoms with Gasteiger partial charge in [0.1, 0.15) is 0 Å². The van der Waals surface area contributed by atoms with Gasteiger partial charge in [-0.15, -0.1) is 0 Å². The Morgan fingerprint density at radius 3 is 2.64 bits per heavy atom. The Bertz CT molecular complexity index is 144. The molecule has 1 saturated carbocycles. The lowest BCUT2D eigenvalue weighted by atomic mass is 10.0. The fourth-order valence-corrected chi connectivity index (χ4v) is 2.59. The number of hydrogen-bond donors (Lipinski definition) is 1. The minimum Gasteiger partial charge on any atom is -0.311 e. The van der Waals surface area contributed by atoms with Crippen molar-refractivity contribution >= 4 is 0 Å². The second-order valence-electron chi connectivity index (χ2n) is 4.99. The maximum atomic E-state index is 3.78. The molecule has 1 N–H and O–H groups in total. The van der Waals surface area contributed by atoms with Gasteiger partial charge in [0.15, 0.2) is 0 Å². The first-order valence-corrected chi connectivity index (χ1v) is 6.52. The smallest absolute Gasteiger partial charge is 0.00722 e. The highest BCUT2D eigenvalue weighted by molar-refractivity contribution is 4.81. The molecule has 1 aliphatic rings. The maximum Gasteiger partial charge on any atom is 0.00722 e. The molecule has 1 fully saturated rings. The van der Waals surface area contributed by atoms with Crippen molar-refractivity contribution < 1.29 is 0 Å². The van der Waals surface area contributed by atoms with E-state index in [9.17, 15) is 0 Å². The molecule has 14 heavy (non-hydrogen) atoms. The molecule has 1 nitrogen and oxygen atoms in total. The van der Waals surface area contributed by atoms with E-state index in [4.69, 9.17) is 0 Å². The van der Waals surface area contributed by atoms with E-state index in [0.29, 0.717) is 0 Å². The highest BCUT2D eigenvalue weighted by Gasteiger charge is 2.23. The first-order chi connectivity index (χ1) is 6.76. The van der Waals surface area contributed by atoms with Gasteiger partial charge in [-0.3, -0.25) is 0 Å². The third kappa shape index (κ3) is 4.00. The van der Waals surface area contributed by atoms with Gasteiger partial charge < -0.3 is 5.32 Å². The molecule has 84 valence electrons. The molecule has 1 heteroatoms. The third-order valence-corrected chi connectivity index (χ3v) is 3.63. The first-order valence-electron chi connectivity index (χ1n) is 6.52. The summed E-state index contributed by atoms with van der Waals surface area (Å²) in [5, 5.41) is 3.78. The van der Waals surface area contributed by atoms with E-state index in [0.717, 1.165) is 18.0 Å². The van der Waals surface area contributed by atoms with E-state index in [-0.39, 0.29) is 0 Å². The molecule has 0 spiro atoms. The molecule has 0 aromatic rings. The molecule has 1 rings (SSSR count). The minimum absolute atomic E-state index is 0.732. The van der Waals surface area contributed by atoms with Gasteiger partial charge >= 0.3 is 0 Å². The monoisotopic (exact) mass is 197 g/mol. The lowest BCUT2D eigenvalue weighted by Crippen LogP contribution is -2.34. The van der Waals surface area contributed by atoms with Crippen LogP contribution in [-0.2, 0) is 0 Å². The molecule has 0 aromatic heterocycles. The fourth-order valence-electron chi connectivity index (χ4n) is 2.59. The number of rotatable bonds is 6. The summed E-state index contributed by atoms with van der Waals surface area (Å²) in [6.07, 6.45) is 9.72. The highest BCUT2D eigenvalue weighted by atomic mass is 14.9. The largest absolute Gasteiger partial charge is 0.311 e. The summed E-state index contributed by atoms with van der Waals surface area (Å²) >= 11 is 0. The molecule has 0 bridgehead atoms. The number of hydrogen-bond acceptors (Lipinski definition) is 1. The van der Waals surface area contributed by atoms with Crippen molar-refractivity contribution in [3.8, 4) is 0 Å². The van der Waals surface area contributed by atoms with Crippen molar-refractivity contribution in [3.63, 3.8) is 0 Å². The van der Waals surface area contributed by atoms with Gasteiger partial charge in [0.25, 0.3) is 0 Å². The zero-order chi connectivity index (χ0) is 10.4. The Labute approximate surface area is 89.7 Å². The van der Waals surface area contributed by atoms with E-state index in [1.165, 1.54) is 44.9 Å². The zero-order valence-electron chi connectivity index (χ0n) is 10.2. The molecule has 0 aliphatic heterocycles. The van der Waals surface area contributed by atoms with Gasteiger partial charge in [-0.2, -0.15) is 0 Å². The average molecular weight is 197 g/mol. The van der Waals surface area contributed by atoms with Crippen molar-refractivity contribution in [1.29, 1.82) is 0 Å². The van der Waals surface area contributed by atoms with E-state index < -0.39 is 0 Å². The van der Waals surface area contributed by atoms with E-state index in [1.807, 2.05) is 0 Å². The summed E-state index contributed by atoms with van der Waals surface area (Å²) in [7, 11) is 0. The molecule has 0 saturated heterocycles. The van der Waals surface area contributed by atoms with Crippen molar-refractivity contribution in [2.45, 2.75) is 77.8 Å². The van der Waals surface area contributed by atoms with Crippen molar-refractivity contribution in [1.82, 2.24) is 5.32 Å². The molecule has 3 unspecified atom stereocenters. The summed E-state index contributed by atoms with van der Waals surface area (Å²) < 4.78 is 0. The van der Waals surface area contributed by atoms with Crippen LogP contribution in [0.4, 0.5) is 0 Å². The Kier molecular flexibility index (Phi) is 5.54. The van der Waals surface area contributed by atoms with Crippen LogP contribution in [0.1, 0.15) is 65.7 Å². The second kappa shape index (κ2) is 6.44. The van der Waals surface area contributed by atoms with Gasteiger partial charge in [-0.25, -0.2) is 0 Å². The fraction of sp³-hybridized carbons (Fsp3) is 1.00. The molecular formula is C13H27N. The van der Waals surface area contributed by atoms with Crippen LogP contribution in [0, 0.1) is 5.92 Å². The maximum absolute atomic E-state index is 3.78.